The standard InChI is InChI=1S/C27H30N2O5/c1-32-26(33-2)18-23(30)24(25(28)31)29(26)19-34-27(20-12-6-3-7-13-20,21-14-8-4-9-15-21)22-16-10-5-11-17-22/h3-17,23-24,30H,18-19H2,1-2H3,(H2,28,31). The number of likely N-dealkylation sites (tertiary alicyclic amines) is 1. The summed E-state index contributed by atoms with van der Waals surface area (Å²) >= 11 is 0. The molecule has 0 aromatic heterocycles. The number of nitrogens with two attached hydrogens (primary N) is 1. The molecule has 1 aliphatic heterocycles. The van der Waals surface area contributed by atoms with Crippen LogP contribution in [0.5, 0.6) is 0 Å². The summed E-state index contributed by atoms with van der Waals surface area (Å²) in [7, 11) is 2.93. The second-order valence-electron chi connectivity index (χ2n) is 8.26. The Morgan fingerprint density at radius 1 is 0.912 bits per heavy atom. The van der Waals surface area contributed by atoms with Crippen LogP contribution in [0.1, 0.15) is 23.1 Å². The first kappa shape index (κ1) is 24.1. The molecular weight excluding hydrogens is 432 g/mol. The van der Waals surface area contributed by atoms with Gasteiger partial charge in [-0.3, -0.25) is 4.79 Å². The van der Waals surface area contributed by atoms with Crippen LogP contribution in [0.3, 0.4) is 0 Å². The zero-order chi connectivity index (χ0) is 24.2. The predicted molar refractivity (Wildman–Crippen MR) is 127 cm³/mol. The molecule has 3 aromatic carbocycles. The molecule has 7 heteroatoms. The fourth-order valence-corrected chi connectivity index (χ4v) is 4.85. The van der Waals surface area contributed by atoms with E-state index in [1.807, 2.05) is 91.0 Å². The molecule has 178 valence electrons. The van der Waals surface area contributed by atoms with Crippen molar-refractivity contribution in [2.45, 2.75) is 30.1 Å². The van der Waals surface area contributed by atoms with Gasteiger partial charge in [0.05, 0.1) is 6.10 Å². The Balaban J connectivity index is 1.86. The number of hydrogen-bond acceptors (Lipinski definition) is 6. The normalized spacial score (nSPS) is 20.3. The fraction of sp³-hybridized carbons (Fsp3) is 0.296. The molecule has 2 atom stereocenters. The van der Waals surface area contributed by atoms with Crippen LogP contribution in [0.25, 0.3) is 0 Å². The van der Waals surface area contributed by atoms with Crippen LogP contribution in [0, 0.1) is 0 Å². The first-order chi connectivity index (χ1) is 16.5. The zero-order valence-electron chi connectivity index (χ0n) is 19.3. The van der Waals surface area contributed by atoms with Gasteiger partial charge in [0.25, 0.3) is 0 Å². The molecule has 1 aliphatic rings. The Labute approximate surface area is 199 Å². The smallest absolute Gasteiger partial charge is 0.237 e. The Hall–Kier alpha value is -3.07. The Morgan fingerprint density at radius 3 is 1.68 bits per heavy atom. The van der Waals surface area contributed by atoms with E-state index in [4.69, 9.17) is 19.9 Å². The summed E-state index contributed by atoms with van der Waals surface area (Å²) in [5.41, 5.74) is 7.37. The second kappa shape index (κ2) is 10.0. The maximum atomic E-state index is 12.3. The van der Waals surface area contributed by atoms with E-state index < -0.39 is 29.6 Å². The SMILES string of the molecule is COC1(OC)CC(O)C(C(N)=O)N1COC(c1ccccc1)(c1ccccc1)c1ccccc1. The van der Waals surface area contributed by atoms with E-state index in [1.54, 1.807) is 4.90 Å². The molecule has 0 bridgehead atoms. The molecule has 0 spiro atoms. The van der Waals surface area contributed by atoms with E-state index in [9.17, 15) is 9.90 Å². The van der Waals surface area contributed by atoms with E-state index in [0.717, 1.165) is 16.7 Å². The summed E-state index contributed by atoms with van der Waals surface area (Å²) in [4.78, 5) is 13.9. The molecule has 1 amide bonds. The minimum Gasteiger partial charge on any atom is -0.391 e. The van der Waals surface area contributed by atoms with Crippen molar-refractivity contribution >= 4 is 5.91 Å². The molecule has 2 unspecified atom stereocenters. The number of primary amides is 1. The summed E-state index contributed by atoms with van der Waals surface area (Å²) in [5.74, 6) is -2.05. The Kier molecular flexibility index (Phi) is 7.11. The van der Waals surface area contributed by atoms with Gasteiger partial charge in [0.2, 0.25) is 11.8 Å². The van der Waals surface area contributed by atoms with Gasteiger partial charge in [0, 0.05) is 20.6 Å². The number of carbonyl (C=O) groups is 1. The molecule has 1 fully saturated rings. The Bertz CT molecular complexity index is 977. The lowest BCUT2D eigenvalue weighted by atomic mass is 9.80. The van der Waals surface area contributed by atoms with E-state index in [-0.39, 0.29) is 13.2 Å². The number of benzene rings is 3. The number of carbonyl (C=O) groups excluding carboxylic acids is 1. The Morgan fingerprint density at radius 2 is 1.32 bits per heavy atom. The molecule has 1 saturated heterocycles. The number of methoxy groups -OCH3 is 2. The lowest BCUT2D eigenvalue weighted by Crippen LogP contribution is -2.56. The molecule has 34 heavy (non-hydrogen) atoms. The maximum Gasteiger partial charge on any atom is 0.237 e. The number of nitrogens with zero attached hydrogens (tertiary/aromatic N) is 1. The summed E-state index contributed by atoms with van der Waals surface area (Å²) in [6, 6.07) is 28.6. The van der Waals surface area contributed by atoms with Crippen LogP contribution >= 0.6 is 0 Å². The van der Waals surface area contributed by atoms with Crippen molar-refractivity contribution in [2.75, 3.05) is 21.0 Å². The lowest BCUT2D eigenvalue weighted by molar-refractivity contribution is -0.303. The van der Waals surface area contributed by atoms with Crippen LogP contribution in [-0.4, -0.2) is 54.9 Å². The number of ether oxygens (including phenoxy) is 3. The van der Waals surface area contributed by atoms with Gasteiger partial charge in [0.15, 0.2) is 0 Å². The largest absolute Gasteiger partial charge is 0.391 e. The van der Waals surface area contributed by atoms with Gasteiger partial charge in [-0.25, -0.2) is 4.90 Å². The van der Waals surface area contributed by atoms with Gasteiger partial charge >= 0.3 is 0 Å². The van der Waals surface area contributed by atoms with Gasteiger partial charge in [-0.1, -0.05) is 91.0 Å². The highest BCUT2D eigenvalue weighted by molar-refractivity contribution is 5.81. The molecule has 4 rings (SSSR count). The number of rotatable bonds is 9. The summed E-state index contributed by atoms with van der Waals surface area (Å²) in [6.45, 7) is -0.106. The average Bonchev–Trinajstić information content (AvgIpc) is 3.18. The van der Waals surface area contributed by atoms with Gasteiger partial charge in [-0.15, -0.1) is 0 Å². The van der Waals surface area contributed by atoms with E-state index >= 15 is 0 Å². The molecule has 3 N–H and O–H groups in total. The van der Waals surface area contributed by atoms with E-state index in [1.165, 1.54) is 14.2 Å². The van der Waals surface area contributed by atoms with Crippen molar-refractivity contribution in [3.63, 3.8) is 0 Å². The minimum absolute atomic E-state index is 0.0476. The first-order valence-electron chi connectivity index (χ1n) is 11.1. The highest BCUT2D eigenvalue weighted by Gasteiger charge is 2.56. The van der Waals surface area contributed by atoms with Crippen LogP contribution in [0.4, 0.5) is 0 Å². The maximum absolute atomic E-state index is 12.3. The van der Waals surface area contributed by atoms with Gasteiger partial charge in [-0.2, -0.15) is 0 Å². The van der Waals surface area contributed by atoms with Gasteiger partial charge in [0.1, 0.15) is 18.4 Å². The first-order valence-corrected chi connectivity index (χ1v) is 11.1. The van der Waals surface area contributed by atoms with Crippen molar-refractivity contribution in [1.29, 1.82) is 0 Å². The average molecular weight is 463 g/mol. The number of aliphatic hydroxyl groups is 1. The number of hydrogen-bond donors (Lipinski definition) is 2. The van der Waals surface area contributed by atoms with Crippen molar-refractivity contribution in [3.8, 4) is 0 Å². The fourth-order valence-electron chi connectivity index (χ4n) is 4.85. The monoisotopic (exact) mass is 462 g/mol. The molecule has 0 saturated carbocycles. The van der Waals surface area contributed by atoms with Gasteiger partial charge < -0.3 is 25.1 Å². The summed E-state index contributed by atoms with van der Waals surface area (Å²) in [6.07, 6.45) is -1.02. The predicted octanol–water partition coefficient (Wildman–Crippen LogP) is 2.82. The highest BCUT2D eigenvalue weighted by atomic mass is 16.7. The third-order valence-electron chi connectivity index (χ3n) is 6.50. The van der Waals surface area contributed by atoms with E-state index in [2.05, 4.69) is 0 Å². The molecular formula is C27H30N2O5. The molecule has 7 nitrogen and oxygen atoms in total. The van der Waals surface area contributed by atoms with Crippen LogP contribution < -0.4 is 5.73 Å². The van der Waals surface area contributed by atoms with Crippen molar-refractivity contribution in [2.24, 2.45) is 5.73 Å². The van der Waals surface area contributed by atoms with E-state index in [0.29, 0.717) is 0 Å². The highest BCUT2D eigenvalue weighted by Crippen LogP contribution is 2.42. The molecule has 0 radical (unpaired) electrons. The topological polar surface area (TPSA) is 94.2 Å². The third-order valence-corrected chi connectivity index (χ3v) is 6.50. The second-order valence-corrected chi connectivity index (χ2v) is 8.26. The third kappa shape index (κ3) is 4.13. The number of aliphatic hydroxyl groups excluding tert-OH is 1. The zero-order valence-corrected chi connectivity index (χ0v) is 19.3. The number of amides is 1. The molecule has 1 heterocycles. The van der Waals surface area contributed by atoms with Crippen molar-refractivity contribution in [3.05, 3.63) is 108 Å². The van der Waals surface area contributed by atoms with Crippen LogP contribution in [0.15, 0.2) is 91.0 Å². The summed E-state index contributed by atoms with van der Waals surface area (Å²) in [5, 5.41) is 10.7. The molecule has 0 aliphatic carbocycles. The van der Waals surface area contributed by atoms with Crippen molar-refractivity contribution in [1.82, 2.24) is 4.90 Å². The van der Waals surface area contributed by atoms with Crippen molar-refractivity contribution < 1.29 is 24.1 Å². The quantitative estimate of drug-likeness (QED) is 0.375. The minimum atomic E-state index is -1.37. The summed E-state index contributed by atoms with van der Waals surface area (Å²) < 4.78 is 18.1. The van der Waals surface area contributed by atoms with Crippen LogP contribution in [-0.2, 0) is 24.6 Å². The lowest BCUT2D eigenvalue weighted by Gasteiger charge is -2.41. The molecule has 3 aromatic rings. The van der Waals surface area contributed by atoms with Crippen LogP contribution in [0.2, 0.25) is 0 Å². The van der Waals surface area contributed by atoms with Gasteiger partial charge in [-0.05, 0) is 16.7 Å².